The van der Waals surface area contributed by atoms with E-state index in [0.29, 0.717) is 4.90 Å². The van der Waals surface area contributed by atoms with Crippen LogP contribution in [-0.4, -0.2) is 36.0 Å². The lowest BCUT2D eigenvalue weighted by atomic mass is 10.1. The third kappa shape index (κ3) is 3.87. The van der Waals surface area contributed by atoms with Gasteiger partial charge in [-0.05, 0) is 43.5 Å². The standard InChI is InChI=1S/C21H22F2N2OS/c22-15-6-9-19(18(23)12-15)27-20(14-4-2-1-3-5-14)21(26)25-16-7-8-17(25)13-24-11-10-16/h1-6,9,12,16-17,20,24H,7-8,10-11,13H2. The number of carbonyl (C=O) groups is 1. The van der Waals surface area contributed by atoms with E-state index in [0.717, 1.165) is 55.7 Å². The van der Waals surface area contributed by atoms with E-state index in [2.05, 4.69) is 5.32 Å². The van der Waals surface area contributed by atoms with Gasteiger partial charge in [-0.25, -0.2) is 8.78 Å². The molecule has 0 saturated carbocycles. The number of hydrogen-bond donors (Lipinski definition) is 1. The van der Waals surface area contributed by atoms with E-state index in [4.69, 9.17) is 0 Å². The van der Waals surface area contributed by atoms with Crippen molar-refractivity contribution >= 4 is 17.7 Å². The van der Waals surface area contributed by atoms with Gasteiger partial charge in [0.15, 0.2) is 0 Å². The summed E-state index contributed by atoms with van der Waals surface area (Å²) in [5.74, 6) is -1.23. The van der Waals surface area contributed by atoms with Gasteiger partial charge in [-0.2, -0.15) is 0 Å². The van der Waals surface area contributed by atoms with Gasteiger partial charge in [0.05, 0.1) is 0 Å². The first-order chi connectivity index (χ1) is 13.1. The van der Waals surface area contributed by atoms with E-state index in [-0.39, 0.29) is 18.0 Å². The van der Waals surface area contributed by atoms with E-state index in [1.807, 2.05) is 35.2 Å². The Balaban J connectivity index is 1.66. The number of hydrogen-bond acceptors (Lipinski definition) is 3. The lowest BCUT2D eigenvalue weighted by molar-refractivity contribution is -0.133. The minimum absolute atomic E-state index is 0.0196. The third-order valence-corrected chi connectivity index (χ3v) is 6.67. The van der Waals surface area contributed by atoms with Crippen molar-refractivity contribution in [2.45, 2.75) is 41.5 Å². The second-order valence-corrected chi connectivity index (χ2v) is 8.25. The number of halogens is 2. The molecule has 3 nitrogen and oxygen atoms in total. The highest BCUT2D eigenvalue weighted by atomic mass is 32.2. The van der Waals surface area contributed by atoms with E-state index in [9.17, 15) is 13.6 Å². The predicted octanol–water partition coefficient (Wildman–Crippen LogP) is 4.15. The SMILES string of the molecule is O=C(C(Sc1ccc(F)cc1F)c1ccccc1)N1C2CCNCC1CC2. The molecule has 2 bridgehead atoms. The smallest absolute Gasteiger partial charge is 0.241 e. The maximum absolute atomic E-state index is 14.3. The summed E-state index contributed by atoms with van der Waals surface area (Å²) in [5, 5.41) is 2.86. The minimum atomic E-state index is -0.630. The van der Waals surface area contributed by atoms with Crippen molar-refractivity contribution in [2.24, 2.45) is 0 Å². The van der Waals surface area contributed by atoms with Crippen LogP contribution < -0.4 is 5.32 Å². The van der Waals surface area contributed by atoms with Gasteiger partial charge in [0.2, 0.25) is 5.91 Å². The monoisotopic (exact) mass is 388 g/mol. The highest BCUT2D eigenvalue weighted by molar-refractivity contribution is 8.00. The fourth-order valence-electron chi connectivity index (χ4n) is 4.06. The molecule has 2 aliphatic rings. The molecule has 0 spiro atoms. The third-order valence-electron chi connectivity index (χ3n) is 5.37. The lowest BCUT2D eigenvalue weighted by Crippen LogP contribution is -2.44. The Kier molecular flexibility index (Phi) is 5.45. The molecule has 1 amide bonds. The van der Waals surface area contributed by atoms with Crippen LogP contribution in [0, 0.1) is 11.6 Å². The van der Waals surface area contributed by atoms with Crippen LogP contribution in [0.2, 0.25) is 0 Å². The molecule has 2 aliphatic heterocycles. The summed E-state index contributed by atoms with van der Waals surface area (Å²) >= 11 is 1.16. The largest absolute Gasteiger partial charge is 0.334 e. The Labute approximate surface area is 162 Å². The lowest BCUT2D eigenvalue weighted by Gasteiger charge is -2.31. The van der Waals surface area contributed by atoms with Crippen molar-refractivity contribution in [1.82, 2.24) is 10.2 Å². The number of amides is 1. The molecule has 2 aromatic rings. The minimum Gasteiger partial charge on any atom is -0.334 e. The fraction of sp³-hybridized carbons (Fsp3) is 0.381. The van der Waals surface area contributed by atoms with Crippen LogP contribution in [-0.2, 0) is 4.79 Å². The van der Waals surface area contributed by atoms with Crippen molar-refractivity contribution in [3.05, 3.63) is 65.7 Å². The highest BCUT2D eigenvalue weighted by Crippen LogP contribution is 2.41. The molecular formula is C21H22F2N2OS. The van der Waals surface area contributed by atoms with Crippen LogP contribution >= 0.6 is 11.8 Å². The Morgan fingerprint density at radius 3 is 2.63 bits per heavy atom. The Hall–Kier alpha value is -1.92. The van der Waals surface area contributed by atoms with E-state index in [1.165, 1.54) is 12.1 Å². The molecule has 2 fully saturated rings. The molecule has 1 N–H and O–H groups in total. The maximum atomic E-state index is 14.3. The Morgan fingerprint density at radius 1 is 1.07 bits per heavy atom. The first-order valence-electron chi connectivity index (χ1n) is 9.33. The summed E-state index contributed by atoms with van der Waals surface area (Å²) in [5.41, 5.74) is 0.841. The van der Waals surface area contributed by atoms with Gasteiger partial charge >= 0.3 is 0 Å². The number of fused-ring (bicyclic) bond motifs is 2. The van der Waals surface area contributed by atoms with Crippen LogP contribution in [0.3, 0.4) is 0 Å². The molecule has 142 valence electrons. The van der Waals surface area contributed by atoms with Crippen molar-refractivity contribution in [3.8, 4) is 0 Å². The molecular weight excluding hydrogens is 366 g/mol. The van der Waals surface area contributed by atoms with Crippen molar-refractivity contribution < 1.29 is 13.6 Å². The first-order valence-corrected chi connectivity index (χ1v) is 10.2. The summed E-state index contributed by atoms with van der Waals surface area (Å²) in [7, 11) is 0. The van der Waals surface area contributed by atoms with Crippen LogP contribution in [0.4, 0.5) is 8.78 Å². The van der Waals surface area contributed by atoms with Crippen molar-refractivity contribution in [1.29, 1.82) is 0 Å². The highest BCUT2D eigenvalue weighted by Gasteiger charge is 2.41. The molecule has 2 aromatic carbocycles. The predicted molar refractivity (Wildman–Crippen MR) is 103 cm³/mol. The summed E-state index contributed by atoms with van der Waals surface area (Å²) in [4.78, 5) is 15.9. The normalized spacial score (nSPS) is 23.1. The number of thioether (sulfide) groups is 1. The zero-order valence-corrected chi connectivity index (χ0v) is 15.7. The van der Waals surface area contributed by atoms with E-state index >= 15 is 0 Å². The summed E-state index contributed by atoms with van der Waals surface area (Å²) in [6, 6.07) is 13.4. The van der Waals surface area contributed by atoms with Gasteiger partial charge in [-0.3, -0.25) is 4.79 Å². The second-order valence-electron chi connectivity index (χ2n) is 7.11. The molecule has 3 atom stereocenters. The topological polar surface area (TPSA) is 32.3 Å². The van der Waals surface area contributed by atoms with Gasteiger partial charge in [-0.1, -0.05) is 30.3 Å². The molecule has 4 rings (SSSR count). The molecule has 27 heavy (non-hydrogen) atoms. The van der Waals surface area contributed by atoms with Gasteiger partial charge in [0.25, 0.3) is 0 Å². The average molecular weight is 388 g/mol. The number of carbonyl (C=O) groups excluding carboxylic acids is 1. The zero-order valence-electron chi connectivity index (χ0n) is 14.9. The van der Waals surface area contributed by atoms with Crippen LogP contribution in [0.5, 0.6) is 0 Å². The van der Waals surface area contributed by atoms with E-state index in [1.54, 1.807) is 0 Å². The van der Waals surface area contributed by atoms with Crippen LogP contribution in [0.25, 0.3) is 0 Å². The fourth-order valence-corrected chi connectivity index (χ4v) is 5.15. The number of rotatable bonds is 4. The Bertz CT molecular complexity index is 803. The molecule has 2 saturated heterocycles. The average Bonchev–Trinajstić information content (AvgIpc) is 2.94. The van der Waals surface area contributed by atoms with Crippen molar-refractivity contribution in [2.75, 3.05) is 13.1 Å². The first kappa shape index (κ1) is 18.4. The number of nitrogens with one attached hydrogen (secondary N) is 1. The molecule has 0 aromatic heterocycles. The van der Waals surface area contributed by atoms with Crippen LogP contribution in [0.15, 0.2) is 53.4 Å². The zero-order chi connectivity index (χ0) is 18.8. The van der Waals surface area contributed by atoms with Gasteiger partial charge < -0.3 is 10.2 Å². The Morgan fingerprint density at radius 2 is 1.85 bits per heavy atom. The van der Waals surface area contributed by atoms with Gasteiger partial charge in [-0.15, -0.1) is 11.8 Å². The molecule has 0 aliphatic carbocycles. The molecule has 6 heteroatoms. The second kappa shape index (κ2) is 7.98. The number of benzene rings is 2. The summed E-state index contributed by atoms with van der Waals surface area (Å²) in [6.07, 6.45) is 2.97. The van der Waals surface area contributed by atoms with Gasteiger partial charge in [0.1, 0.15) is 16.9 Å². The molecule has 3 unspecified atom stereocenters. The maximum Gasteiger partial charge on any atom is 0.241 e. The summed E-state index contributed by atoms with van der Waals surface area (Å²) in [6.45, 7) is 1.72. The van der Waals surface area contributed by atoms with E-state index < -0.39 is 16.9 Å². The summed E-state index contributed by atoms with van der Waals surface area (Å²) < 4.78 is 27.5. The van der Waals surface area contributed by atoms with Gasteiger partial charge in [0, 0.05) is 29.6 Å². The number of nitrogens with zero attached hydrogens (tertiary/aromatic N) is 1. The van der Waals surface area contributed by atoms with Crippen molar-refractivity contribution in [3.63, 3.8) is 0 Å². The quantitative estimate of drug-likeness (QED) is 0.799. The molecule has 2 heterocycles. The van der Waals surface area contributed by atoms with Crippen LogP contribution in [0.1, 0.15) is 30.1 Å². The molecule has 0 radical (unpaired) electrons.